The van der Waals surface area contributed by atoms with Gasteiger partial charge in [-0.25, -0.2) is 4.98 Å². The van der Waals surface area contributed by atoms with E-state index in [1.54, 1.807) is 14.0 Å². The molecule has 0 unspecified atom stereocenters. The lowest BCUT2D eigenvalue weighted by Gasteiger charge is -2.12. The van der Waals surface area contributed by atoms with Gasteiger partial charge in [0.2, 0.25) is 0 Å². The van der Waals surface area contributed by atoms with Crippen LogP contribution < -0.4 is 10.3 Å². The van der Waals surface area contributed by atoms with Crippen molar-refractivity contribution in [2.45, 2.75) is 6.92 Å². The number of nitrogens with one attached hydrogen (secondary N) is 1. The maximum atomic E-state index is 12.0. The van der Waals surface area contributed by atoms with Crippen molar-refractivity contribution in [1.82, 2.24) is 9.97 Å². The average molecular weight is 345 g/mol. The number of fused-ring (bicyclic) bond motifs is 1. The lowest BCUT2D eigenvalue weighted by molar-refractivity contribution is 0.416. The quantitative estimate of drug-likeness (QED) is 0.771. The number of ether oxygens (including phenoxy) is 1. The normalized spacial score (nSPS) is 10.8. The van der Waals surface area contributed by atoms with Crippen LogP contribution in [0.5, 0.6) is 5.75 Å². The molecule has 0 aliphatic carbocycles. The van der Waals surface area contributed by atoms with Crippen LogP contribution in [0.25, 0.3) is 22.2 Å². The molecule has 0 amide bonds. The smallest absolute Gasteiger partial charge is 0.265 e. The van der Waals surface area contributed by atoms with Gasteiger partial charge in [-0.2, -0.15) is 0 Å². The van der Waals surface area contributed by atoms with Crippen molar-refractivity contribution in [3.8, 4) is 17.1 Å². The fourth-order valence-corrected chi connectivity index (χ4v) is 2.54. The van der Waals surface area contributed by atoms with Gasteiger partial charge in [-0.05, 0) is 39.7 Å². The molecule has 4 nitrogen and oxygen atoms in total. The minimum atomic E-state index is -0.201. The van der Waals surface area contributed by atoms with Gasteiger partial charge in [0.25, 0.3) is 5.56 Å². The Morgan fingerprint density at radius 3 is 2.67 bits per heavy atom. The lowest BCUT2D eigenvalue weighted by Crippen LogP contribution is -2.12. The van der Waals surface area contributed by atoms with Gasteiger partial charge in [0.1, 0.15) is 16.0 Å². The maximum absolute atomic E-state index is 12.0. The number of aryl methyl sites for hydroxylation is 1. The van der Waals surface area contributed by atoms with Crippen molar-refractivity contribution in [3.05, 3.63) is 56.9 Å². The zero-order valence-electron chi connectivity index (χ0n) is 11.6. The minimum absolute atomic E-state index is 0.201. The number of aromatic amines is 1. The lowest BCUT2D eigenvalue weighted by atomic mass is 10.0. The van der Waals surface area contributed by atoms with Gasteiger partial charge in [-0.1, -0.05) is 30.3 Å². The van der Waals surface area contributed by atoms with Crippen molar-refractivity contribution in [2.24, 2.45) is 0 Å². The van der Waals surface area contributed by atoms with E-state index in [1.807, 2.05) is 36.4 Å². The van der Waals surface area contributed by atoms with Gasteiger partial charge in [0, 0.05) is 0 Å². The first-order valence-electron chi connectivity index (χ1n) is 6.44. The van der Waals surface area contributed by atoms with Crippen LogP contribution in [0.15, 0.2) is 45.7 Å². The van der Waals surface area contributed by atoms with E-state index in [-0.39, 0.29) is 5.56 Å². The van der Waals surface area contributed by atoms with Crippen molar-refractivity contribution in [2.75, 3.05) is 7.11 Å². The Balaban J connectivity index is 2.41. The molecule has 1 aromatic heterocycles. The van der Waals surface area contributed by atoms with E-state index >= 15 is 0 Å². The first kappa shape index (κ1) is 13.8. The molecular formula is C16H13BrN2O2. The van der Waals surface area contributed by atoms with E-state index in [2.05, 4.69) is 25.9 Å². The third kappa shape index (κ3) is 2.34. The van der Waals surface area contributed by atoms with Gasteiger partial charge in [-0.15, -0.1) is 0 Å². The number of H-pyrrole nitrogens is 1. The summed E-state index contributed by atoms with van der Waals surface area (Å²) in [4.78, 5) is 19.3. The molecule has 21 heavy (non-hydrogen) atoms. The van der Waals surface area contributed by atoms with E-state index in [0.717, 1.165) is 16.3 Å². The van der Waals surface area contributed by atoms with Crippen LogP contribution in [0.3, 0.4) is 0 Å². The number of halogens is 1. The van der Waals surface area contributed by atoms with Crippen molar-refractivity contribution < 1.29 is 4.74 Å². The summed E-state index contributed by atoms with van der Waals surface area (Å²) in [6.45, 7) is 1.79. The molecule has 0 saturated carbocycles. The molecular weight excluding hydrogens is 332 g/mol. The highest BCUT2D eigenvalue weighted by atomic mass is 79.9. The van der Waals surface area contributed by atoms with Crippen LogP contribution in [0.2, 0.25) is 0 Å². The Kier molecular flexibility index (Phi) is 3.51. The van der Waals surface area contributed by atoms with Crippen LogP contribution in [0.4, 0.5) is 0 Å². The zero-order valence-corrected chi connectivity index (χ0v) is 13.2. The zero-order chi connectivity index (χ0) is 15.0. The molecule has 3 aromatic rings. The molecule has 0 bridgehead atoms. The minimum Gasteiger partial charge on any atom is -0.496 e. The summed E-state index contributed by atoms with van der Waals surface area (Å²) in [6.07, 6.45) is 0. The summed E-state index contributed by atoms with van der Waals surface area (Å²) < 4.78 is 5.89. The van der Waals surface area contributed by atoms with Gasteiger partial charge >= 0.3 is 0 Å². The number of aromatic nitrogens is 2. The molecule has 2 aromatic carbocycles. The van der Waals surface area contributed by atoms with Gasteiger partial charge in [-0.3, -0.25) is 4.79 Å². The molecule has 0 aliphatic heterocycles. The predicted octanol–water partition coefficient (Wildman–Crippen LogP) is 3.67. The second-order valence-electron chi connectivity index (χ2n) is 4.68. The third-order valence-electron chi connectivity index (χ3n) is 3.38. The highest BCUT2D eigenvalue weighted by molar-refractivity contribution is 9.10. The van der Waals surface area contributed by atoms with E-state index in [9.17, 15) is 4.79 Å². The second kappa shape index (κ2) is 5.33. The van der Waals surface area contributed by atoms with Gasteiger partial charge < -0.3 is 9.72 Å². The van der Waals surface area contributed by atoms with Gasteiger partial charge in [0.05, 0.1) is 18.4 Å². The second-order valence-corrected chi connectivity index (χ2v) is 5.47. The molecule has 0 saturated heterocycles. The number of rotatable bonds is 2. The SMILES string of the molecule is COc1ccc2ccccc2c1-c1nc(C)c(Br)c(=O)[nH]1. The number of hydrogen-bond acceptors (Lipinski definition) is 3. The summed E-state index contributed by atoms with van der Waals surface area (Å²) in [5.41, 5.74) is 1.24. The summed E-state index contributed by atoms with van der Waals surface area (Å²) >= 11 is 3.23. The average Bonchev–Trinajstić information content (AvgIpc) is 2.51. The Labute approximate surface area is 129 Å². The standard InChI is InChI=1S/C16H13BrN2O2/c1-9-14(17)16(20)19-15(18-9)13-11-6-4-3-5-10(11)7-8-12(13)21-2/h3-8H,1-2H3,(H,18,19,20). The fraction of sp³-hybridized carbons (Fsp3) is 0.125. The highest BCUT2D eigenvalue weighted by Gasteiger charge is 2.14. The monoisotopic (exact) mass is 344 g/mol. The molecule has 1 N–H and O–H groups in total. The van der Waals surface area contributed by atoms with E-state index in [0.29, 0.717) is 21.7 Å². The summed E-state index contributed by atoms with van der Waals surface area (Å²) in [7, 11) is 1.61. The van der Waals surface area contributed by atoms with Gasteiger partial charge in [0.15, 0.2) is 0 Å². The Hall–Kier alpha value is -2.14. The number of methoxy groups -OCH3 is 1. The fourth-order valence-electron chi connectivity index (χ4n) is 2.36. The van der Waals surface area contributed by atoms with Crippen molar-refractivity contribution >= 4 is 26.7 Å². The Morgan fingerprint density at radius 2 is 1.95 bits per heavy atom. The third-order valence-corrected chi connectivity index (χ3v) is 4.31. The molecule has 5 heteroatoms. The van der Waals surface area contributed by atoms with Crippen LogP contribution in [-0.2, 0) is 0 Å². The Morgan fingerprint density at radius 1 is 1.19 bits per heavy atom. The summed E-state index contributed by atoms with van der Waals surface area (Å²) in [5, 5.41) is 2.05. The summed E-state index contributed by atoms with van der Waals surface area (Å²) in [5.74, 6) is 1.19. The highest BCUT2D eigenvalue weighted by Crippen LogP contribution is 2.35. The molecule has 1 heterocycles. The first-order valence-corrected chi connectivity index (χ1v) is 7.23. The Bertz CT molecular complexity index is 887. The van der Waals surface area contributed by atoms with Crippen molar-refractivity contribution in [1.29, 1.82) is 0 Å². The van der Waals surface area contributed by atoms with E-state index in [4.69, 9.17) is 4.74 Å². The topological polar surface area (TPSA) is 55.0 Å². The maximum Gasteiger partial charge on any atom is 0.265 e. The first-order chi connectivity index (χ1) is 10.1. The van der Waals surface area contributed by atoms with Crippen LogP contribution in [0, 0.1) is 6.92 Å². The van der Waals surface area contributed by atoms with Crippen LogP contribution in [-0.4, -0.2) is 17.1 Å². The predicted molar refractivity (Wildman–Crippen MR) is 86.8 cm³/mol. The molecule has 0 radical (unpaired) electrons. The molecule has 106 valence electrons. The van der Waals surface area contributed by atoms with E-state index < -0.39 is 0 Å². The van der Waals surface area contributed by atoms with E-state index in [1.165, 1.54) is 0 Å². The van der Waals surface area contributed by atoms with Crippen molar-refractivity contribution in [3.63, 3.8) is 0 Å². The van der Waals surface area contributed by atoms with Crippen LogP contribution >= 0.6 is 15.9 Å². The molecule has 0 atom stereocenters. The number of benzene rings is 2. The molecule has 0 spiro atoms. The molecule has 0 aliphatic rings. The molecule has 3 rings (SSSR count). The number of hydrogen-bond donors (Lipinski definition) is 1. The number of nitrogens with zero attached hydrogens (tertiary/aromatic N) is 1. The van der Waals surface area contributed by atoms with Crippen LogP contribution in [0.1, 0.15) is 5.69 Å². The molecule has 0 fully saturated rings. The summed E-state index contributed by atoms with van der Waals surface area (Å²) in [6, 6.07) is 11.8. The largest absolute Gasteiger partial charge is 0.496 e.